The van der Waals surface area contributed by atoms with Crippen molar-refractivity contribution in [3.8, 4) is 5.75 Å². The van der Waals surface area contributed by atoms with Crippen LogP contribution in [-0.4, -0.2) is 34.2 Å². The van der Waals surface area contributed by atoms with Crippen LogP contribution in [0.3, 0.4) is 0 Å². The summed E-state index contributed by atoms with van der Waals surface area (Å²) in [6, 6.07) is 12.3. The van der Waals surface area contributed by atoms with Gasteiger partial charge in [-0.05, 0) is 61.4 Å². The monoisotopic (exact) mass is 362 g/mol. The number of nitrogens with zero attached hydrogens (tertiary/aromatic N) is 1. The number of hydrogen-bond donors (Lipinski definition) is 1. The highest BCUT2D eigenvalue weighted by Crippen LogP contribution is 2.20. The van der Waals surface area contributed by atoms with Gasteiger partial charge in [0.05, 0.1) is 11.9 Å². The van der Waals surface area contributed by atoms with Crippen LogP contribution in [0.4, 0.5) is 11.4 Å². The van der Waals surface area contributed by atoms with Gasteiger partial charge in [0.1, 0.15) is 5.75 Å². The number of nitrogens with one attached hydrogen (secondary N) is 1. The topological polar surface area (TPSA) is 75.7 Å². The predicted octanol–water partition coefficient (Wildman–Crippen LogP) is 2.72. The van der Waals surface area contributed by atoms with E-state index in [1.54, 1.807) is 24.3 Å². The van der Waals surface area contributed by atoms with Crippen molar-refractivity contribution in [2.45, 2.75) is 13.8 Å². The third-order valence-electron chi connectivity index (χ3n) is 3.57. The van der Waals surface area contributed by atoms with Gasteiger partial charge in [-0.25, -0.2) is 8.42 Å². The van der Waals surface area contributed by atoms with E-state index >= 15 is 0 Å². The fourth-order valence-corrected chi connectivity index (χ4v) is 2.84. The Morgan fingerprint density at radius 3 is 2.16 bits per heavy atom. The molecule has 0 unspecified atom stereocenters. The largest absolute Gasteiger partial charge is 0.484 e. The molecule has 0 fully saturated rings. The SMILES string of the molecule is Cc1cc(C)cc(NC(=O)COc2ccc(N(C)S(C)(=O)=O)cc2)c1. The Bertz CT molecular complexity index is 841. The van der Waals surface area contributed by atoms with Gasteiger partial charge in [-0.15, -0.1) is 0 Å². The molecule has 0 bridgehead atoms. The van der Waals surface area contributed by atoms with Crippen molar-refractivity contribution in [1.29, 1.82) is 0 Å². The van der Waals surface area contributed by atoms with E-state index in [-0.39, 0.29) is 12.5 Å². The minimum absolute atomic E-state index is 0.131. The molecule has 0 atom stereocenters. The zero-order valence-corrected chi connectivity index (χ0v) is 15.6. The van der Waals surface area contributed by atoms with Crippen LogP contribution in [0.2, 0.25) is 0 Å². The maximum atomic E-state index is 12.0. The number of rotatable bonds is 6. The Morgan fingerprint density at radius 2 is 1.64 bits per heavy atom. The third kappa shape index (κ3) is 5.49. The lowest BCUT2D eigenvalue weighted by Crippen LogP contribution is -2.24. The second-order valence-electron chi connectivity index (χ2n) is 5.94. The number of amides is 1. The second kappa shape index (κ2) is 7.57. The molecular formula is C18H22N2O4S. The number of carbonyl (C=O) groups is 1. The minimum Gasteiger partial charge on any atom is -0.484 e. The maximum absolute atomic E-state index is 12.0. The van der Waals surface area contributed by atoms with Gasteiger partial charge in [-0.1, -0.05) is 6.07 Å². The average molecular weight is 362 g/mol. The predicted molar refractivity (Wildman–Crippen MR) is 99.7 cm³/mol. The Kier molecular flexibility index (Phi) is 5.69. The van der Waals surface area contributed by atoms with E-state index < -0.39 is 10.0 Å². The average Bonchev–Trinajstić information content (AvgIpc) is 2.51. The lowest BCUT2D eigenvalue weighted by molar-refractivity contribution is -0.118. The summed E-state index contributed by atoms with van der Waals surface area (Å²) in [7, 11) is -1.83. The Labute approximate surface area is 148 Å². The second-order valence-corrected chi connectivity index (χ2v) is 7.95. The Balaban J connectivity index is 1.93. The highest BCUT2D eigenvalue weighted by molar-refractivity contribution is 7.92. The molecule has 1 amide bonds. The summed E-state index contributed by atoms with van der Waals surface area (Å²) in [6.45, 7) is 3.80. The molecule has 134 valence electrons. The van der Waals surface area contributed by atoms with Crippen molar-refractivity contribution in [3.63, 3.8) is 0 Å². The first-order valence-corrected chi connectivity index (χ1v) is 9.55. The molecule has 6 nitrogen and oxygen atoms in total. The summed E-state index contributed by atoms with van der Waals surface area (Å²) in [5, 5.41) is 2.79. The normalized spacial score (nSPS) is 11.0. The Hall–Kier alpha value is -2.54. The van der Waals surface area contributed by atoms with Crippen LogP contribution < -0.4 is 14.4 Å². The van der Waals surface area contributed by atoms with E-state index in [1.165, 1.54) is 11.4 Å². The molecule has 0 spiro atoms. The van der Waals surface area contributed by atoms with Gasteiger partial charge in [-0.2, -0.15) is 0 Å². The van der Waals surface area contributed by atoms with Crippen LogP contribution in [0.1, 0.15) is 11.1 Å². The molecule has 0 saturated heterocycles. The summed E-state index contributed by atoms with van der Waals surface area (Å²) in [5.41, 5.74) is 3.40. The number of sulfonamides is 1. The molecule has 0 radical (unpaired) electrons. The molecule has 0 aliphatic rings. The molecule has 0 aliphatic heterocycles. The summed E-state index contributed by atoms with van der Waals surface area (Å²) in [5.74, 6) is 0.226. The van der Waals surface area contributed by atoms with Crippen molar-refractivity contribution in [1.82, 2.24) is 0 Å². The zero-order chi connectivity index (χ0) is 18.6. The molecule has 0 heterocycles. The quantitative estimate of drug-likeness (QED) is 0.857. The Morgan fingerprint density at radius 1 is 1.08 bits per heavy atom. The van der Waals surface area contributed by atoms with Gasteiger partial charge in [0.25, 0.3) is 5.91 Å². The van der Waals surface area contributed by atoms with Crippen molar-refractivity contribution < 1.29 is 17.9 Å². The van der Waals surface area contributed by atoms with E-state index in [2.05, 4.69) is 5.32 Å². The third-order valence-corrected chi connectivity index (χ3v) is 4.78. The van der Waals surface area contributed by atoms with Gasteiger partial charge in [0.15, 0.2) is 6.61 Å². The number of ether oxygens (including phenoxy) is 1. The van der Waals surface area contributed by atoms with Crippen LogP contribution in [0, 0.1) is 13.8 Å². The summed E-state index contributed by atoms with van der Waals surface area (Å²) in [6.07, 6.45) is 1.13. The molecule has 0 saturated carbocycles. The fraction of sp³-hybridized carbons (Fsp3) is 0.278. The molecule has 7 heteroatoms. The van der Waals surface area contributed by atoms with Gasteiger partial charge in [-0.3, -0.25) is 9.10 Å². The standard InChI is InChI=1S/C18H22N2O4S/c1-13-9-14(2)11-15(10-13)19-18(21)12-24-17-7-5-16(6-8-17)20(3)25(4,22)23/h5-11H,12H2,1-4H3,(H,19,21). The van der Waals surface area contributed by atoms with Crippen LogP contribution >= 0.6 is 0 Å². The lowest BCUT2D eigenvalue weighted by atomic mass is 10.1. The lowest BCUT2D eigenvalue weighted by Gasteiger charge is -2.16. The first-order valence-electron chi connectivity index (χ1n) is 7.70. The van der Waals surface area contributed by atoms with Gasteiger partial charge < -0.3 is 10.1 Å². The van der Waals surface area contributed by atoms with Crippen molar-refractivity contribution >= 4 is 27.3 Å². The summed E-state index contributed by atoms with van der Waals surface area (Å²) >= 11 is 0. The molecule has 0 aliphatic carbocycles. The van der Waals surface area contributed by atoms with Crippen LogP contribution in [0.25, 0.3) is 0 Å². The number of anilines is 2. The number of aryl methyl sites for hydroxylation is 2. The molecule has 0 aromatic heterocycles. The number of carbonyl (C=O) groups excluding carboxylic acids is 1. The smallest absolute Gasteiger partial charge is 0.262 e. The molecular weight excluding hydrogens is 340 g/mol. The number of hydrogen-bond acceptors (Lipinski definition) is 4. The van der Waals surface area contributed by atoms with Crippen LogP contribution in [0.15, 0.2) is 42.5 Å². The minimum atomic E-state index is -3.31. The van der Waals surface area contributed by atoms with E-state index in [0.29, 0.717) is 11.4 Å². The van der Waals surface area contributed by atoms with Crippen molar-refractivity contribution in [2.75, 3.05) is 29.5 Å². The summed E-state index contributed by atoms with van der Waals surface area (Å²) in [4.78, 5) is 12.0. The maximum Gasteiger partial charge on any atom is 0.262 e. The van der Waals surface area contributed by atoms with Gasteiger partial charge in [0, 0.05) is 12.7 Å². The van der Waals surface area contributed by atoms with Crippen molar-refractivity contribution in [2.24, 2.45) is 0 Å². The zero-order valence-electron chi connectivity index (χ0n) is 14.7. The van der Waals surface area contributed by atoms with Crippen LogP contribution in [0.5, 0.6) is 5.75 Å². The molecule has 2 rings (SSSR count). The molecule has 2 aromatic rings. The highest BCUT2D eigenvalue weighted by atomic mass is 32.2. The van der Waals surface area contributed by atoms with E-state index in [9.17, 15) is 13.2 Å². The first-order chi connectivity index (χ1) is 11.6. The van der Waals surface area contributed by atoms with E-state index in [4.69, 9.17) is 4.74 Å². The highest BCUT2D eigenvalue weighted by Gasteiger charge is 2.12. The summed E-state index contributed by atoms with van der Waals surface area (Å²) < 4.78 is 29.6. The fourth-order valence-electron chi connectivity index (χ4n) is 2.34. The number of benzene rings is 2. The van der Waals surface area contributed by atoms with Gasteiger partial charge in [0.2, 0.25) is 10.0 Å². The molecule has 1 N–H and O–H groups in total. The van der Waals surface area contributed by atoms with E-state index in [1.807, 2.05) is 32.0 Å². The van der Waals surface area contributed by atoms with Crippen LogP contribution in [-0.2, 0) is 14.8 Å². The van der Waals surface area contributed by atoms with E-state index in [0.717, 1.165) is 23.1 Å². The first kappa shape index (κ1) is 18.8. The van der Waals surface area contributed by atoms with Crippen molar-refractivity contribution in [3.05, 3.63) is 53.6 Å². The molecule has 25 heavy (non-hydrogen) atoms. The molecule has 2 aromatic carbocycles. The van der Waals surface area contributed by atoms with Gasteiger partial charge >= 0.3 is 0 Å².